The number of ether oxygens (including phenoxy) is 1. The third kappa shape index (κ3) is 4.05. The van der Waals surface area contributed by atoms with E-state index in [-0.39, 0.29) is 17.8 Å². The first-order valence-electron chi connectivity index (χ1n) is 9.53. The van der Waals surface area contributed by atoms with Crippen LogP contribution in [-0.2, 0) is 31.7 Å². The highest BCUT2D eigenvalue weighted by atomic mass is 32.2. The minimum absolute atomic E-state index is 0.00373. The normalized spacial score (nSPS) is 18.9. The van der Waals surface area contributed by atoms with Gasteiger partial charge < -0.3 is 9.64 Å². The number of fused-ring (bicyclic) bond motifs is 1. The molecule has 2 aliphatic heterocycles. The summed E-state index contributed by atoms with van der Waals surface area (Å²) in [4.78, 5) is 14.4. The van der Waals surface area contributed by atoms with Crippen LogP contribution in [0.5, 0.6) is 0 Å². The van der Waals surface area contributed by atoms with Crippen LogP contribution in [0.4, 0.5) is 11.4 Å². The Morgan fingerprint density at radius 3 is 2.86 bits per heavy atom. The molecule has 28 heavy (non-hydrogen) atoms. The molecule has 0 aliphatic carbocycles. The van der Waals surface area contributed by atoms with E-state index in [1.807, 2.05) is 43.3 Å². The van der Waals surface area contributed by atoms with Gasteiger partial charge in [0, 0.05) is 24.5 Å². The summed E-state index contributed by atoms with van der Waals surface area (Å²) in [5.41, 5.74) is 4.13. The number of hydrogen-bond donors (Lipinski definition) is 1. The summed E-state index contributed by atoms with van der Waals surface area (Å²) in [6.45, 7) is 3.18. The van der Waals surface area contributed by atoms with E-state index in [0.717, 1.165) is 35.2 Å². The standard InChI is InChI=1S/C21H24N2O4S/c1-15-4-2-5-16(12-15)14-28(25,26)22-18-7-8-19-17(13-18)9-10-23(19)21(24)20-6-3-11-27-20/h2,4-5,7-8,12-13,20,22H,3,6,9-11,14H2,1H3. The van der Waals surface area contributed by atoms with Crippen LogP contribution in [0, 0.1) is 6.92 Å². The van der Waals surface area contributed by atoms with E-state index >= 15 is 0 Å². The Labute approximate surface area is 165 Å². The Kier molecular flexibility index (Phi) is 5.12. The molecule has 2 heterocycles. The number of aryl methyl sites for hydroxylation is 1. The van der Waals surface area contributed by atoms with Crippen molar-refractivity contribution in [2.45, 2.75) is 38.0 Å². The second-order valence-corrected chi connectivity index (χ2v) is 9.16. The summed E-state index contributed by atoms with van der Waals surface area (Å²) < 4.78 is 33.2. The van der Waals surface area contributed by atoms with Crippen molar-refractivity contribution >= 4 is 27.3 Å². The maximum atomic E-state index is 12.6. The highest BCUT2D eigenvalue weighted by Gasteiger charge is 2.32. The van der Waals surface area contributed by atoms with E-state index < -0.39 is 10.0 Å². The van der Waals surface area contributed by atoms with Gasteiger partial charge in [-0.1, -0.05) is 29.8 Å². The molecule has 1 amide bonds. The molecule has 148 valence electrons. The number of amides is 1. The fourth-order valence-corrected chi connectivity index (χ4v) is 5.05. The number of carbonyl (C=O) groups excluding carboxylic acids is 1. The number of nitrogens with zero attached hydrogens (tertiary/aromatic N) is 1. The minimum Gasteiger partial charge on any atom is -0.368 e. The molecular weight excluding hydrogens is 376 g/mol. The van der Waals surface area contributed by atoms with Crippen LogP contribution < -0.4 is 9.62 Å². The van der Waals surface area contributed by atoms with Gasteiger partial charge in [0.25, 0.3) is 5.91 Å². The van der Waals surface area contributed by atoms with E-state index in [0.29, 0.717) is 25.3 Å². The first-order chi connectivity index (χ1) is 13.4. The lowest BCUT2D eigenvalue weighted by molar-refractivity contribution is -0.127. The molecule has 2 aliphatic rings. The van der Waals surface area contributed by atoms with Gasteiger partial charge in [0.2, 0.25) is 10.0 Å². The second kappa shape index (κ2) is 7.56. The molecule has 4 rings (SSSR count). The van der Waals surface area contributed by atoms with Crippen LogP contribution in [0.2, 0.25) is 0 Å². The number of carbonyl (C=O) groups is 1. The van der Waals surface area contributed by atoms with Crippen LogP contribution in [0.25, 0.3) is 0 Å². The Morgan fingerprint density at radius 2 is 2.11 bits per heavy atom. The van der Waals surface area contributed by atoms with Crippen LogP contribution in [0.3, 0.4) is 0 Å². The molecular formula is C21H24N2O4S. The number of anilines is 2. The third-order valence-corrected chi connectivity index (χ3v) is 6.42. The Hall–Kier alpha value is -2.38. The third-order valence-electron chi connectivity index (χ3n) is 5.16. The SMILES string of the molecule is Cc1cccc(CS(=O)(=O)Nc2ccc3c(c2)CCN3C(=O)C2CCCO2)c1. The zero-order chi connectivity index (χ0) is 19.7. The van der Waals surface area contributed by atoms with Gasteiger partial charge in [0.1, 0.15) is 6.10 Å². The average Bonchev–Trinajstić information content (AvgIpc) is 3.30. The Balaban J connectivity index is 1.48. The lowest BCUT2D eigenvalue weighted by Gasteiger charge is -2.21. The lowest BCUT2D eigenvalue weighted by Crippen LogP contribution is -2.37. The van der Waals surface area contributed by atoms with Crippen molar-refractivity contribution in [1.29, 1.82) is 0 Å². The van der Waals surface area contributed by atoms with E-state index in [2.05, 4.69) is 4.72 Å². The summed E-state index contributed by atoms with van der Waals surface area (Å²) in [5.74, 6) is -0.0703. The van der Waals surface area contributed by atoms with E-state index in [9.17, 15) is 13.2 Å². The van der Waals surface area contributed by atoms with Crippen LogP contribution in [0.15, 0.2) is 42.5 Å². The number of nitrogens with one attached hydrogen (secondary N) is 1. The quantitative estimate of drug-likeness (QED) is 0.837. The highest BCUT2D eigenvalue weighted by Crippen LogP contribution is 2.32. The second-order valence-electron chi connectivity index (χ2n) is 7.44. The molecule has 1 atom stereocenters. The first kappa shape index (κ1) is 19.0. The number of hydrogen-bond acceptors (Lipinski definition) is 4. The van der Waals surface area contributed by atoms with Crippen molar-refractivity contribution in [1.82, 2.24) is 0 Å². The molecule has 6 nitrogen and oxygen atoms in total. The van der Waals surface area contributed by atoms with Crippen molar-refractivity contribution in [3.05, 3.63) is 59.2 Å². The highest BCUT2D eigenvalue weighted by molar-refractivity contribution is 7.91. The van der Waals surface area contributed by atoms with Gasteiger partial charge in [-0.25, -0.2) is 8.42 Å². The summed E-state index contributed by atoms with van der Waals surface area (Å²) >= 11 is 0. The van der Waals surface area contributed by atoms with Gasteiger partial charge in [-0.15, -0.1) is 0 Å². The maximum Gasteiger partial charge on any atom is 0.256 e. The van der Waals surface area contributed by atoms with Gasteiger partial charge >= 0.3 is 0 Å². The van der Waals surface area contributed by atoms with Crippen LogP contribution >= 0.6 is 0 Å². The van der Waals surface area contributed by atoms with Gasteiger partial charge in [-0.2, -0.15) is 0 Å². The summed E-state index contributed by atoms with van der Waals surface area (Å²) in [5, 5.41) is 0. The predicted molar refractivity (Wildman–Crippen MR) is 109 cm³/mol. The molecule has 1 unspecified atom stereocenters. The molecule has 0 spiro atoms. The molecule has 1 fully saturated rings. The maximum absolute atomic E-state index is 12.6. The van der Waals surface area contributed by atoms with Gasteiger partial charge in [-0.3, -0.25) is 9.52 Å². The summed E-state index contributed by atoms with van der Waals surface area (Å²) in [6, 6.07) is 12.8. The molecule has 0 saturated carbocycles. The van der Waals surface area contributed by atoms with Crippen molar-refractivity contribution in [2.75, 3.05) is 22.8 Å². The summed E-state index contributed by atoms with van der Waals surface area (Å²) in [7, 11) is -3.52. The van der Waals surface area contributed by atoms with Gasteiger partial charge in [0.05, 0.1) is 5.75 Å². The number of rotatable bonds is 5. The minimum atomic E-state index is -3.52. The number of sulfonamides is 1. The number of benzene rings is 2. The molecule has 0 radical (unpaired) electrons. The zero-order valence-corrected chi connectivity index (χ0v) is 16.7. The Bertz CT molecular complexity index is 997. The molecule has 1 N–H and O–H groups in total. The van der Waals surface area contributed by atoms with Gasteiger partial charge in [-0.05, 0) is 55.5 Å². The zero-order valence-electron chi connectivity index (χ0n) is 15.8. The first-order valence-corrected chi connectivity index (χ1v) is 11.2. The van der Waals surface area contributed by atoms with Crippen LogP contribution in [0.1, 0.15) is 29.5 Å². The smallest absolute Gasteiger partial charge is 0.256 e. The van der Waals surface area contributed by atoms with E-state index in [4.69, 9.17) is 4.74 Å². The molecule has 0 bridgehead atoms. The predicted octanol–water partition coefficient (Wildman–Crippen LogP) is 3.01. The average molecular weight is 401 g/mol. The van der Waals surface area contributed by atoms with E-state index in [1.165, 1.54) is 0 Å². The molecule has 7 heteroatoms. The van der Waals surface area contributed by atoms with Crippen molar-refractivity contribution in [3.63, 3.8) is 0 Å². The fraction of sp³-hybridized carbons (Fsp3) is 0.381. The fourth-order valence-electron chi connectivity index (χ4n) is 3.88. The monoisotopic (exact) mass is 400 g/mol. The molecule has 2 aromatic rings. The van der Waals surface area contributed by atoms with Crippen molar-refractivity contribution in [3.8, 4) is 0 Å². The molecule has 1 saturated heterocycles. The van der Waals surface area contributed by atoms with Crippen molar-refractivity contribution < 1.29 is 17.9 Å². The Morgan fingerprint density at radius 1 is 1.25 bits per heavy atom. The van der Waals surface area contributed by atoms with Gasteiger partial charge in [0.15, 0.2) is 0 Å². The topological polar surface area (TPSA) is 75.7 Å². The molecule has 2 aromatic carbocycles. The lowest BCUT2D eigenvalue weighted by atomic mass is 10.1. The van der Waals surface area contributed by atoms with E-state index in [1.54, 1.807) is 11.0 Å². The van der Waals surface area contributed by atoms with Crippen molar-refractivity contribution in [2.24, 2.45) is 0 Å². The largest absolute Gasteiger partial charge is 0.368 e. The van der Waals surface area contributed by atoms with Crippen LogP contribution in [-0.4, -0.2) is 33.6 Å². The summed E-state index contributed by atoms with van der Waals surface area (Å²) in [6.07, 6.45) is 2.04. The molecule has 0 aromatic heterocycles.